The van der Waals surface area contributed by atoms with Gasteiger partial charge in [0.2, 0.25) is 0 Å². The largest absolute Gasteiger partial charge is 0.151 e. The molecule has 0 aliphatic heterocycles. The van der Waals surface area contributed by atoms with E-state index in [1.54, 1.807) is 0 Å². The first-order chi connectivity index (χ1) is 5.22. The molecule has 1 rings (SSSR count). The van der Waals surface area contributed by atoms with Gasteiger partial charge in [0.1, 0.15) is 0 Å². The minimum Gasteiger partial charge on any atom is -0.151 e. The Kier molecular flexibility index (Phi) is 2.63. The summed E-state index contributed by atoms with van der Waals surface area (Å²) in [7, 11) is 0. The Morgan fingerprint density at radius 1 is 1.55 bits per heavy atom. The number of hydrogen-bond acceptors (Lipinski definition) is 2. The Labute approximate surface area is 68.3 Å². The van der Waals surface area contributed by atoms with Crippen LogP contribution in [-0.4, -0.2) is 6.54 Å². The highest BCUT2D eigenvalue weighted by atomic mass is 16.3. The minimum atomic E-state index is 0.344. The first-order valence-corrected chi connectivity index (χ1v) is 4.51. The van der Waals surface area contributed by atoms with E-state index in [9.17, 15) is 4.91 Å². The van der Waals surface area contributed by atoms with Gasteiger partial charge in [-0.2, -0.15) is 4.91 Å². The highest BCUT2D eigenvalue weighted by Gasteiger charge is 2.43. The van der Waals surface area contributed by atoms with Gasteiger partial charge in [-0.3, -0.25) is 0 Å². The van der Waals surface area contributed by atoms with Crippen molar-refractivity contribution in [2.75, 3.05) is 6.54 Å². The zero-order valence-corrected chi connectivity index (χ0v) is 7.47. The molecule has 1 aliphatic rings. The van der Waals surface area contributed by atoms with Crippen LogP contribution in [0.15, 0.2) is 5.18 Å². The molecule has 0 N–H and O–H groups in total. The van der Waals surface area contributed by atoms with Crippen molar-refractivity contribution < 1.29 is 0 Å². The lowest BCUT2D eigenvalue weighted by Crippen LogP contribution is -2.09. The van der Waals surface area contributed by atoms with E-state index in [2.05, 4.69) is 19.0 Å². The maximum absolute atomic E-state index is 10.1. The molecule has 0 heterocycles. The lowest BCUT2D eigenvalue weighted by Gasteiger charge is -2.15. The molecule has 64 valence electrons. The molecule has 1 unspecified atom stereocenters. The fourth-order valence-electron chi connectivity index (χ4n) is 1.62. The molecule has 11 heavy (non-hydrogen) atoms. The summed E-state index contributed by atoms with van der Waals surface area (Å²) >= 11 is 0. The van der Waals surface area contributed by atoms with Crippen LogP contribution in [0.4, 0.5) is 0 Å². The molecule has 0 spiro atoms. The summed E-state index contributed by atoms with van der Waals surface area (Å²) < 4.78 is 0. The van der Waals surface area contributed by atoms with E-state index in [-0.39, 0.29) is 0 Å². The first-order valence-electron chi connectivity index (χ1n) is 4.51. The van der Waals surface area contributed by atoms with Crippen LogP contribution >= 0.6 is 0 Å². The molecule has 0 aromatic carbocycles. The van der Waals surface area contributed by atoms with Crippen molar-refractivity contribution in [3.63, 3.8) is 0 Å². The molecule has 2 nitrogen and oxygen atoms in total. The average molecular weight is 155 g/mol. The maximum atomic E-state index is 10.1. The minimum absolute atomic E-state index is 0.344. The summed E-state index contributed by atoms with van der Waals surface area (Å²) in [5.41, 5.74) is 0.344. The average Bonchev–Trinajstić information content (AvgIpc) is 2.70. The van der Waals surface area contributed by atoms with E-state index in [1.807, 2.05) is 0 Å². The van der Waals surface area contributed by atoms with E-state index in [0.717, 1.165) is 5.92 Å². The Balaban J connectivity index is 2.28. The van der Waals surface area contributed by atoms with Crippen molar-refractivity contribution in [3.8, 4) is 0 Å². The number of nitrogens with zero attached hydrogens (tertiary/aromatic N) is 1. The predicted octanol–water partition coefficient (Wildman–Crippen LogP) is 2.97. The van der Waals surface area contributed by atoms with Crippen molar-refractivity contribution in [2.45, 2.75) is 39.5 Å². The van der Waals surface area contributed by atoms with Crippen molar-refractivity contribution in [1.29, 1.82) is 0 Å². The lowest BCUT2D eigenvalue weighted by atomic mass is 9.92. The summed E-state index contributed by atoms with van der Waals surface area (Å²) in [4.78, 5) is 10.1. The Morgan fingerprint density at radius 3 is 2.55 bits per heavy atom. The Bertz CT molecular complexity index is 140. The third-order valence-electron chi connectivity index (χ3n) is 2.84. The molecule has 1 aliphatic carbocycles. The lowest BCUT2D eigenvalue weighted by molar-refractivity contribution is 0.371. The van der Waals surface area contributed by atoms with Crippen molar-refractivity contribution in [1.82, 2.24) is 0 Å². The maximum Gasteiger partial charge on any atom is 0.0867 e. The fraction of sp³-hybridized carbons (Fsp3) is 1.00. The van der Waals surface area contributed by atoms with Gasteiger partial charge < -0.3 is 0 Å². The quantitative estimate of drug-likeness (QED) is 0.561. The molecule has 0 amide bonds. The second-order valence-corrected chi connectivity index (χ2v) is 4.00. The van der Waals surface area contributed by atoms with Gasteiger partial charge in [-0.05, 0) is 30.6 Å². The predicted molar refractivity (Wildman–Crippen MR) is 46.4 cm³/mol. The van der Waals surface area contributed by atoms with Crippen LogP contribution in [-0.2, 0) is 0 Å². The third-order valence-corrected chi connectivity index (χ3v) is 2.84. The van der Waals surface area contributed by atoms with Gasteiger partial charge in [0.05, 0.1) is 6.54 Å². The molecular weight excluding hydrogens is 138 g/mol. The summed E-state index contributed by atoms with van der Waals surface area (Å²) in [5, 5.41) is 3.01. The van der Waals surface area contributed by atoms with Crippen LogP contribution in [0.1, 0.15) is 39.5 Å². The van der Waals surface area contributed by atoms with Crippen molar-refractivity contribution in [2.24, 2.45) is 16.5 Å². The van der Waals surface area contributed by atoms with Crippen LogP contribution in [0.3, 0.4) is 0 Å². The molecule has 0 bridgehead atoms. The molecule has 1 saturated carbocycles. The van der Waals surface area contributed by atoms with Gasteiger partial charge in [0.15, 0.2) is 0 Å². The molecule has 1 fully saturated rings. The summed E-state index contributed by atoms with van der Waals surface area (Å²) in [6, 6.07) is 0. The SMILES string of the molecule is CCC(C)CC1(CN=O)CC1. The molecule has 1 atom stereocenters. The van der Waals surface area contributed by atoms with Gasteiger partial charge in [0, 0.05) is 0 Å². The topological polar surface area (TPSA) is 29.4 Å². The third kappa shape index (κ3) is 2.28. The highest BCUT2D eigenvalue weighted by molar-refractivity contribution is 4.95. The number of nitroso groups, excluding NO2 is 1. The van der Waals surface area contributed by atoms with E-state index < -0.39 is 0 Å². The van der Waals surface area contributed by atoms with Gasteiger partial charge in [-0.1, -0.05) is 25.4 Å². The summed E-state index contributed by atoms with van der Waals surface area (Å²) in [6.07, 6.45) is 4.88. The first kappa shape index (κ1) is 8.69. The van der Waals surface area contributed by atoms with Crippen LogP contribution in [0.25, 0.3) is 0 Å². The fourth-order valence-corrected chi connectivity index (χ4v) is 1.62. The van der Waals surface area contributed by atoms with Gasteiger partial charge >= 0.3 is 0 Å². The monoisotopic (exact) mass is 155 g/mol. The molecular formula is C9H17NO. The second kappa shape index (κ2) is 3.33. The van der Waals surface area contributed by atoms with Gasteiger partial charge in [-0.25, -0.2) is 0 Å². The Hall–Kier alpha value is -0.400. The van der Waals surface area contributed by atoms with Crippen molar-refractivity contribution >= 4 is 0 Å². The van der Waals surface area contributed by atoms with E-state index in [4.69, 9.17) is 0 Å². The molecule has 0 aromatic rings. The zero-order valence-electron chi connectivity index (χ0n) is 7.47. The molecule has 0 saturated heterocycles. The van der Waals surface area contributed by atoms with Gasteiger partial charge in [-0.15, -0.1) is 0 Å². The molecule has 2 heteroatoms. The number of rotatable bonds is 5. The van der Waals surface area contributed by atoms with Crippen LogP contribution in [0.2, 0.25) is 0 Å². The van der Waals surface area contributed by atoms with E-state index in [0.29, 0.717) is 12.0 Å². The normalized spacial score (nSPS) is 22.7. The zero-order chi connectivity index (χ0) is 8.32. The van der Waals surface area contributed by atoms with E-state index in [1.165, 1.54) is 25.7 Å². The summed E-state index contributed by atoms with van der Waals surface area (Å²) in [6.45, 7) is 5.01. The smallest absolute Gasteiger partial charge is 0.0867 e. The second-order valence-electron chi connectivity index (χ2n) is 4.00. The molecule has 0 aromatic heterocycles. The van der Waals surface area contributed by atoms with Crippen LogP contribution < -0.4 is 0 Å². The van der Waals surface area contributed by atoms with Gasteiger partial charge in [0.25, 0.3) is 0 Å². The van der Waals surface area contributed by atoms with Crippen molar-refractivity contribution in [3.05, 3.63) is 4.91 Å². The Morgan fingerprint density at radius 2 is 2.18 bits per heavy atom. The standard InChI is InChI=1S/C9H17NO/c1-3-8(2)6-9(4-5-9)7-10-11/h8H,3-7H2,1-2H3. The van der Waals surface area contributed by atoms with Crippen LogP contribution in [0.5, 0.6) is 0 Å². The van der Waals surface area contributed by atoms with E-state index >= 15 is 0 Å². The van der Waals surface area contributed by atoms with Crippen LogP contribution in [0, 0.1) is 16.2 Å². The highest BCUT2D eigenvalue weighted by Crippen LogP contribution is 2.51. The number of hydrogen-bond donors (Lipinski definition) is 0. The summed E-state index contributed by atoms with van der Waals surface area (Å²) in [5.74, 6) is 0.763. The molecule has 0 radical (unpaired) electrons.